The Kier molecular flexibility index (Phi) is 7.33. The molecular weight excluding hydrogens is 611 g/mol. The summed E-state index contributed by atoms with van der Waals surface area (Å²) in [6.45, 7) is 2.03. The van der Waals surface area contributed by atoms with Crippen molar-refractivity contribution in [2.45, 2.75) is 6.92 Å². The van der Waals surface area contributed by atoms with Crippen molar-refractivity contribution in [2.24, 2.45) is 0 Å². The predicted octanol–water partition coefficient (Wildman–Crippen LogP) is 12.3. The summed E-state index contributed by atoms with van der Waals surface area (Å²) >= 11 is 0. The monoisotopic (exact) mass is 641 g/mol. The average Bonchev–Trinajstić information content (AvgIpc) is 3.57. The van der Waals surface area contributed by atoms with E-state index in [0.717, 1.165) is 55.3 Å². The highest BCUT2D eigenvalue weighted by Crippen LogP contribution is 2.43. The zero-order valence-electron chi connectivity index (χ0n) is 27.4. The molecule has 0 spiro atoms. The van der Waals surface area contributed by atoms with Crippen LogP contribution in [0.5, 0.6) is 0 Å². The molecule has 0 aliphatic rings. The van der Waals surface area contributed by atoms with Gasteiger partial charge in [-0.2, -0.15) is 0 Å². The van der Waals surface area contributed by atoms with E-state index in [2.05, 4.69) is 91.0 Å². The summed E-state index contributed by atoms with van der Waals surface area (Å²) in [6, 6.07) is 50.3. The molecule has 0 N–H and O–H groups in total. The second-order valence-corrected chi connectivity index (χ2v) is 12.3. The molecule has 0 radical (unpaired) electrons. The van der Waals surface area contributed by atoms with Crippen LogP contribution in [-0.2, 0) is 0 Å². The minimum atomic E-state index is 0.594. The lowest BCUT2D eigenvalue weighted by molar-refractivity contribution is 0.669. The molecule has 0 atom stereocenters. The van der Waals surface area contributed by atoms with E-state index in [0.29, 0.717) is 17.5 Å². The topological polar surface area (TPSA) is 51.8 Å². The van der Waals surface area contributed by atoms with E-state index in [4.69, 9.17) is 19.4 Å². The van der Waals surface area contributed by atoms with Crippen molar-refractivity contribution in [3.8, 4) is 45.3 Å². The van der Waals surface area contributed by atoms with Gasteiger partial charge in [0.25, 0.3) is 0 Å². The summed E-state index contributed by atoms with van der Waals surface area (Å²) < 4.78 is 6.44. The Bertz CT molecular complexity index is 2700. The van der Waals surface area contributed by atoms with Crippen LogP contribution < -0.4 is 0 Å². The van der Waals surface area contributed by atoms with Gasteiger partial charge in [-0.05, 0) is 75.5 Å². The number of para-hydroxylation sites is 1. The van der Waals surface area contributed by atoms with Crippen LogP contribution in [0.15, 0.2) is 168 Å². The number of rotatable bonds is 6. The van der Waals surface area contributed by atoms with Gasteiger partial charge in [-0.1, -0.05) is 140 Å². The molecule has 0 aliphatic carbocycles. The largest absolute Gasteiger partial charge is 0.456 e. The van der Waals surface area contributed by atoms with Gasteiger partial charge >= 0.3 is 0 Å². The molecule has 4 nitrogen and oxygen atoms in total. The van der Waals surface area contributed by atoms with E-state index in [1.54, 1.807) is 0 Å². The lowest BCUT2D eigenvalue weighted by atomic mass is 9.90. The Morgan fingerprint density at radius 1 is 0.480 bits per heavy atom. The molecule has 0 saturated heterocycles. The number of fused-ring (bicyclic) bond motifs is 6. The molecule has 0 bridgehead atoms. The van der Waals surface area contributed by atoms with Gasteiger partial charge in [0.05, 0.1) is 0 Å². The Labute approximate surface area is 289 Å². The molecule has 9 aromatic rings. The normalized spacial score (nSPS) is 11.9. The molecule has 2 heterocycles. The molecule has 4 heteroatoms. The number of benzene rings is 7. The first-order valence-corrected chi connectivity index (χ1v) is 16.8. The van der Waals surface area contributed by atoms with Crippen LogP contribution in [0.2, 0.25) is 0 Å². The van der Waals surface area contributed by atoms with Gasteiger partial charge in [-0.25, -0.2) is 15.0 Å². The molecular formula is C46H31N3O. The zero-order chi connectivity index (χ0) is 33.4. The fourth-order valence-electron chi connectivity index (χ4n) is 6.92. The smallest absolute Gasteiger partial charge is 0.165 e. The van der Waals surface area contributed by atoms with Crippen molar-refractivity contribution in [3.63, 3.8) is 0 Å². The molecule has 0 saturated carbocycles. The van der Waals surface area contributed by atoms with Crippen LogP contribution in [0.25, 0.3) is 94.8 Å². The highest BCUT2D eigenvalue weighted by molar-refractivity contribution is 6.16. The predicted molar refractivity (Wildman–Crippen MR) is 208 cm³/mol. The maximum Gasteiger partial charge on any atom is 0.165 e. The first-order chi connectivity index (χ1) is 24.7. The molecule has 2 aromatic heterocycles. The molecule has 50 heavy (non-hydrogen) atoms. The molecule has 0 aliphatic heterocycles. The molecule has 9 rings (SSSR count). The fourth-order valence-corrected chi connectivity index (χ4v) is 6.92. The van der Waals surface area contributed by atoms with Crippen LogP contribution in [0.4, 0.5) is 0 Å². The molecule has 7 aromatic carbocycles. The van der Waals surface area contributed by atoms with E-state index in [1.807, 2.05) is 85.8 Å². The van der Waals surface area contributed by atoms with Crippen molar-refractivity contribution < 1.29 is 4.42 Å². The minimum Gasteiger partial charge on any atom is -0.456 e. The number of aromatic nitrogens is 3. The molecule has 0 amide bonds. The number of furan rings is 1. The van der Waals surface area contributed by atoms with E-state index >= 15 is 0 Å². The average molecular weight is 642 g/mol. The van der Waals surface area contributed by atoms with E-state index < -0.39 is 0 Å². The van der Waals surface area contributed by atoms with Crippen molar-refractivity contribution in [1.29, 1.82) is 0 Å². The Morgan fingerprint density at radius 3 is 1.88 bits per heavy atom. The highest BCUT2D eigenvalue weighted by Gasteiger charge is 2.22. The number of allylic oxidation sites excluding steroid dienone is 3. The third kappa shape index (κ3) is 5.15. The second-order valence-electron chi connectivity index (χ2n) is 12.3. The summed E-state index contributed by atoms with van der Waals surface area (Å²) in [5.41, 5.74) is 7.62. The third-order valence-electron chi connectivity index (χ3n) is 9.25. The van der Waals surface area contributed by atoms with Crippen LogP contribution >= 0.6 is 0 Å². The summed E-state index contributed by atoms with van der Waals surface area (Å²) in [5.74, 6) is 1.83. The first-order valence-electron chi connectivity index (χ1n) is 16.8. The van der Waals surface area contributed by atoms with Gasteiger partial charge in [0, 0.05) is 27.5 Å². The number of nitrogens with zero attached hydrogens (tertiary/aromatic N) is 3. The fraction of sp³-hybridized carbons (Fsp3) is 0.0217. The Balaban J connectivity index is 1.37. The van der Waals surface area contributed by atoms with Gasteiger partial charge in [-0.15, -0.1) is 0 Å². The SMILES string of the molecule is C/C=C\C=C/c1cc2ccccc2c2ccc(-c3ccc4oc5ccccc5c4c3-c3nc(-c4ccccc4)nc(-c4ccccc4)n3)cc12. The minimum absolute atomic E-state index is 0.594. The third-order valence-corrected chi connectivity index (χ3v) is 9.25. The summed E-state index contributed by atoms with van der Waals surface area (Å²) in [4.78, 5) is 15.4. The summed E-state index contributed by atoms with van der Waals surface area (Å²) in [7, 11) is 0. The van der Waals surface area contributed by atoms with Crippen LogP contribution in [0.1, 0.15) is 12.5 Å². The zero-order valence-corrected chi connectivity index (χ0v) is 27.4. The maximum absolute atomic E-state index is 6.44. The maximum atomic E-state index is 6.44. The van der Waals surface area contributed by atoms with Crippen molar-refractivity contribution in [1.82, 2.24) is 15.0 Å². The number of hydrogen-bond donors (Lipinski definition) is 0. The quantitative estimate of drug-likeness (QED) is 0.134. The van der Waals surface area contributed by atoms with Gasteiger partial charge < -0.3 is 4.42 Å². The van der Waals surface area contributed by atoms with Crippen LogP contribution in [0.3, 0.4) is 0 Å². The van der Waals surface area contributed by atoms with E-state index in [-0.39, 0.29) is 0 Å². The lowest BCUT2D eigenvalue weighted by Crippen LogP contribution is -2.01. The van der Waals surface area contributed by atoms with Gasteiger partial charge in [0.1, 0.15) is 11.2 Å². The molecule has 236 valence electrons. The Morgan fingerprint density at radius 2 is 1.14 bits per heavy atom. The number of hydrogen-bond acceptors (Lipinski definition) is 4. The van der Waals surface area contributed by atoms with E-state index in [9.17, 15) is 0 Å². The van der Waals surface area contributed by atoms with Gasteiger partial charge in [0.2, 0.25) is 0 Å². The van der Waals surface area contributed by atoms with Gasteiger partial charge in [0.15, 0.2) is 17.5 Å². The highest BCUT2D eigenvalue weighted by atomic mass is 16.3. The van der Waals surface area contributed by atoms with Crippen molar-refractivity contribution >= 4 is 49.6 Å². The molecule has 0 fully saturated rings. The van der Waals surface area contributed by atoms with Crippen molar-refractivity contribution in [2.75, 3.05) is 0 Å². The second kappa shape index (κ2) is 12.4. The molecule has 0 unspecified atom stereocenters. The Hall–Kier alpha value is -6.65. The standard InChI is InChI=1S/C46H31N3O/c1-2-3-6-19-33-28-32-20-11-12-21-35(32)37-25-24-34(29-39(33)37)36-26-27-41-42(38-22-13-14-23-40(38)50-41)43(36)46-48-44(30-15-7-4-8-16-30)47-45(49-46)31-17-9-5-10-18-31/h2-29H,1H3/b3-2-,19-6-. The lowest BCUT2D eigenvalue weighted by Gasteiger charge is -2.15. The first kappa shape index (κ1) is 29.5. The van der Waals surface area contributed by atoms with Gasteiger partial charge in [-0.3, -0.25) is 0 Å². The van der Waals surface area contributed by atoms with Crippen LogP contribution in [0, 0.1) is 0 Å². The summed E-state index contributed by atoms with van der Waals surface area (Å²) in [6.07, 6.45) is 8.41. The van der Waals surface area contributed by atoms with Crippen LogP contribution in [-0.4, -0.2) is 15.0 Å². The van der Waals surface area contributed by atoms with Crippen molar-refractivity contribution in [3.05, 3.63) is 169 Å². The summed E-state index contributed by atoms with van der Waals surface area (Å²) in [5, 5.41) is 6.83. The van der Waals surface area contributed by atoms with E-state index in [1.165, 1.54) is 21.5 Å².